The van der Waals surface area contributed by atoms with Crippen molar-refractivity contribution in [2.45, 2.75) is 39.7 Å². The fraction of sp³-hybridized carbons (Fsp3) is 0.526. The monoisotopic (exact) mass is 343 g/mol. The van der Waals surface area contributed by atoms with Crippen LogP contribution in [0.25, 0.3) is 0 Å². The van der Waals surface area contributed by atoms with Crippen molar-refractivity contribution >= 4 is 29.1 Å². The van der Waals surface area contributed by atoms with Crippen LogP contribution in [0.3, 0.4) is 0 Å². The smallest absolute Gasteiger partial charge is 0.251 e. The lowest BCUT2D eigenvalue weighted by Crippen LogP contribution is -2.48. The normalized spacial score (nSPS) is 27.6. The Morgan fingerprint density at radius 2 is 1.68 bits per heavy atom. The van der Waals surface area contributed by atoms with Gasteiger partial charge in [-0.1, -0.05) is 13.8 Å². The first kappa shape index (κ1) is 17.6. The summed E-state index contributed by atoms with van der Waals surface area (Å²) in [6, 6.07) is 6.45. The van der Waals surface area contributed by atoms with E-state index >= 15 is 0 Å². The molecule has 0 bridgehead atoms. The third-order valence-corrected chi connectivity index (χ3v) is 4.91. The summed E-state index contributed by atoms with van der Waals surface area (Å²) in [4.78, 5) is 39.9. The highest BCUT2D eigenvalue weighted by Gasteiger charge is 2.44. The molecule has 3 amide bonds. The highest BCUT2D eigenvalue weighted by atomic mass is 16.2. The third kappa shape index (κ3) is 3.74. The average molecular weight is 343 g/mol. The van der Waals surface area contributed by atoms with Crippen LogP contribution in [0.1, 0.15) is 33.6 Å². The molecular formula is C19H25N3O3. The fourth-order valence-electron chi connectivity index (χ4n) is 4.04. The zero-order chi connectivity index (χ0) is 18.1. The molecule has 134 valence electrons. The Labute approximate surface area is 148 Å². The van der Waals surface area contributed by atoms with Crippen LogP contribution in [-0.4, -0.2) is 41.8 Å². The summed E-state index contributed by atoms with van der Waals surface area (Å²) in [6.45, 7) is 7.56. The fourth-order valence-corrected chi connectivity index (χ4v) is 4.04. The number of nitrogens with one attached hydrogen (secondary N) is 1. The van der Waals surface area contributed by atoms with Crippen molar-refractivity contribution in [1.82, 2.24) is 4.90 Å². The number of anilines is 2. The maximum Gasteiger partial charge on any atom is 0.251 e. The number of piperidine rings is 1. The van der Waals surface area contributed by atoms with E-state index in [1.807, 2.05) is 0 Å². The van der Waals surface area contributed by atoms with Crippen molar-refractivity contribution in [2.24, 2.45) is 11.8 Å². The van der Waals surface area contributed by atoms with Crippen LogP contribution in [0, 0.1) is 11.8 Å². The predicted molar refractivity (Wildman–Crippen MR) is 96.2 cm³/mol. The van der Waals surface area contributed by atoms with E-state index in [0.29, 0.717) is 23.2 Å². The van der Waals surface area contributed by atoms with Gasteiger partial charge in [-0.15, -0.1) is 0 Å². The molecule has 0 spiro atoms. The minimum Gasteiger partial charge on any atom is -0.326 e. The van der Waals surface area contributed by atoms with E-state index in [0.717, 1.165) is 13.1 Å². The number of likely N-dealkylation sites (tertiary alicyclic amines) is 1. The van der Waals surface area contributed by atoms with Gasteiger partial charge in [0.05, 0.1) is 18.2 Å². The van der Waals surface area contributed by atoms with Gasteiger partial charge in [-0.3, -0.25) is 19.3 Å². The standard InChI is InChI=1S/C19H25N3O3/c1-12-8-13(2)11-21(10-12)17-9-18(24)22(19(17)25)16-6-4-15(5-7-16)20-14(3)23/h4-7,12-13,17H,8-11H2,1-3H3,(H,20,23)/t12-,13-,17-/m0/s1. The number of hydrogen-bond donors (Lipinski definition) is 1. The molecule has 1 N–H and O–H groups in total. The Morgan fingerprint density at radius 1 is 1.08 bits per heavy atom. The molecule has 6 heteroatoms. The number of imide groups is 1. The van der Waals surface area contributed by atoms with Crippen molar-refractivity contribution < 1.29 is 14.4 Å². The molecule has 3 rings (SSSR count). The molecule has 1 aromatic rings. The van der Waals surface area contributed by atoms with Gasteiger partial charge < -0.3 is 5.32 Å². The maximum absolute atomic E-state index is 12.9. The van der Waals surface area contributed by atoms with Gasteiger partial charge in [0.25, 0.3) is 5.91 Å². The number of carbonyl (C=O) groups excluding carboxylic acids is 3. The van der Waals surface area contributed by atoms with E-state index in [4.69, 9.17) is 0 Å². The Morgan fingerprint density at radius 3 is 2.24 bits per heavy atom. The second-order valence-electron chi connectivity index (χ2n) is 7.42. The van der Waals surface area contributed by atoms with E-state index in [9.17, 15) is 14.4 Å². The molecule has 3 atom stereocenters. The number of carbonyl (C=O) groups is 3. The van der Waals surface area contributed by atoms with Crippen LogP contribution < -0.4 is 10.2 Å². The number of rotatable bonds is 3. The van der Waals surface area contributed by atoms with Gasteiger partial charge in [-0.05, 0) is 42.5 Å². The first-order chi connectivity index (χ1) is 11.8. The maximum atomic E-state index is 12.9. The van der Waals surface area contributed by atoms with Crippen molar-refractivity contribution in [2.75, 3.05) is 23.3 Å². The SMILES string of the molecule is CC(=O)Nc1ccc(N2C(=O)C[C@H](N3C[C@@H](C)C[C@H](C)C3)C2=O)cc1. The Kier molecular flexibility index (Phi) is 4.90. The van der Waals surface area contributed by atoms with Gasteiger partial charge in [0.1, 0.15) is 0 Å². The van der Waals surface area contributed by atoms with E-state index in [1.165, 1.54) is 18.2 Å². The average Bonchev–Trinajstić information content (AvgIpc) is 2.82. The molecular weight excluding hydrogens is 318 g/mol. The van der Waals surface area contributed by atoms with Gasteiger partial charge in [0.15, 0.2) is 0 Å². The molecule has 0 unspecified atom stereocenters. The molecule has 2 heterocycles. The summed E-state index contributed by atoms with van der Waals surface area (Å²) in [5, 5.41) is 2.68. The predicted octanol–water partition coefficient (Wildman–Crippen LogP) is 2.25. The van der Waals surface area contributed by atoms with Crippen LogP contribution in [0.4, 0.5) is 11.4 Å². The lowest BCUT2D eigenvalue weighted by molar-refractivity contribution is -0.123. The van der Waals surface area contributed by atoms with Crippen molar-refractivity contribution in [3.8, 4) is 0 Å². The summed E-state index contributed by atoms with van der Waals surface area (Å²) >= 11 is 0. The second-order valence-corrected chi connectivity index (χ2v) is 7.42. The second kappa shape index (κ2) is 6.96. The molecule has 6 nitrogen and oxygen atoms in total. The van der Waals surface area contributed by atoms with E-state index in [-0.39, 0.29) is 30.2 Å². The molecule has 0 aromatic heterocycles. The molecule has 0 saturated carbocycles. The summed E-state index contributed by atoms with van der Waals surface area (Å²) in [7, 11) is 0. The number of hydrogen-bond acceptors (Lipinski definition) is 4. The molecule has 0 radical (unpaired) electrons. The van der Waals surface area contributed by atoms with E-state index < -0.39 is 0 Å². The molecule has 2 fully saturated rings. The number of nitrogens with zero attached hydrogens (tertiary/aromatic N) is 2. The minimum atomic E-state index is -0.354. The lowest BCUT2D eigenvalue weighted by atomic mass is 9.90. The number of benzene rings is 1. The molecule has 2 aliphatic rings. The Bertz CT molecular complexity index is 676. The lowest BCUT2D eigenvalue weighted by Gasteiger charge is -2.37. The van der Waals surface area contributed by atoms with Crippen LogP contribution in [0.15, 0.2) is 24.3 Å². The van der Waals surface area contributed by atoms with Crippen LogP contribution >= 0.6 is 0 Å². The van der Waals surface area contributed by atoms with Gasteiger partial charge in [-0.25, -0.2) is 4.90 Å². The summed E-state index contributed by atoms with van der Waals surface area (Å²) < 4.78 is 0. The minimum absolute atomic E-state index is 0.140. The first-order valence-electron chi connectivity index (χ1n) is 8.83. The van der Waals surface area contributed by atoms with Crippen molar-refractivity contribution in [3.05, 3.63) is 24.3 Å². The Balaban J connectivity index is 1.76. The largest absolute Gasteiger partial charge is 0.326 e. The number of amides is 3. The topological polar surface area (TPSA) is 69.7 Å². The third-order valence-electron chi connectivity index (χ3n) is 4.91. The van der Waals surface area contributed by atoms with Gasteiger partial charge in [0.2, 0.25) is 11.8 Å². The van der Waals surface area contributed by atoms with E-state index in [1.54, 1.807) is 24.3 Å². The van der Waals surface area contributed by atoms with Crippen molar-refractivity contribution in [1.29, 1.82) is 0 Å². The van der Waals surface area contributed by atoms with E-state index in [2.05, 4.69) is 24.1 Å². The summed E-state index contributed by atoms with van der Waals surface area (Å²) in [5.74, 6) is 0.622. The van der Waals surface area contributed by atoms with Gasteiger partial charge in [0, 0.05) is 25.7 Å². The van der Waals surface area contributed by atoms with Crippen molar-refractivity contribution in [3.63, 3.8) is 0 Å². The van der Waals surface area contributed by atoms with Crippen LogP contribution in [0.2, 0.25) is 0 Å². The molecule has 0 aliphatic carbocycles. The summed E-state index contributed by atoms with van der Waals surface area (Å²) in [6.07, 6.45) is 1.41. The molecule has 2 aliphatic heterocycles. The highest BCUT2D eigenvalue weighted by Crippen LogP contribution is 2.30. The molecule has 1 aromatic carbocycles. The zero-order valence-corrected chi connectivity index (χ0v) is 15.0. The molecule has 25 heavy (non-hydrogen) atoms. The van der Waals surface area contributed by atoms with Crippen LogP contribution in [0.5, 0.6) is 0 Å². The summed E-state index contributed by atoms with van der Waals surface area (Å²) in [5.41, 5.74) is 1.20. The Hall–Kier alpha value is -2.21. The first-order valence-corrected chi connectivity index (χ1v) is 8.83. The van der Waals surface area contributed by atoms with Crippen LogP contribution in [-0.2, 0) is 14.4 Å². The van der Waals surface area contributed by atoms with Gasteiger partial charge >= 0.3 is 0 Å². The quantitative estimate of drug-likeness (QED) is 0.855. The molecule has 2 saturated heterocycles. The van der Waals surface area contributed by atoms with Gasteiger partial charge in [-0.2, -0.15) is 0 Å². The zero-order valence-electron chi connectivity index (χ0n) is 15.0. The highest BCUT2D eigenvalue weighted by molar-refractivity contribution is 6.22.